The fourth-order valence-electron chi connectivity index (χ4n) is 1.16. The summed E-state index contributed by atoms with van der Waals surface area (Å²) in [5.41, 5.74) is 2.67. The number of hydrogen-bond acceptors (Lipinski definition) is 3. The molecule has 0 fully saturated rings. The molecule has 3 N–H and O–H groups in total. The molecular weight excluding hydrogens is 182 g/mol. The highest BCUT2D eigenvalue weighted by molar-refractivity contribution is 5.79. The average Bonchev–Trinajstić information content (AvgIpc) is 2.15. The van der Waals surface area contributed by atoms with Gasteiger partial charge in [-0.05, 0) is 25.5 Å². The quantitative estimate of drug-likeness (QED) is 0.386. The number of carbonyl (C=O) groups is 1. The summed E-state index contributed by atoms with van der Waals surface area (Å²) >= 11 is 0. The largest absolute Gasteiger partial charge is 0.303 e. The minimum Gasteiger partial charge on any atom is -0.303 e. The summed E-state index contributed by atoms with van der Waals surface area (Å²) < 4.78 is 1.33. The highest BCUT2D eigenvalue weighted by atomic mass is 16.2. The van der Waals surface area contributed by atoms with Crippen molar-refractivity contribution in [3.8, 4) is 0 Å². The van der Waals surface area contributed by atoms with E-state index in [2.05, 4.69) is 0 Å². The van der Waals surface area contributed by atoms with Crippen molar-refractivity contribution in [1.82, 2.24) is 9.99 Å². The molecule has 0 aliphatic heterocycles. The van der Waals surface area contributed by atoms with E-state index in [9.17, 15) is 9.59 Å². The highest BCUT2D eigenvalue weighted by Crippen LogP contribution is 2.01. The molecule has 1 aromatic heterocycles. The maximum atomic E-state index is 11.4. The number of carbonyl (C=O) groups excluding carboxylic acids is 1. The van der Waals surface area contributed by atoms with Crippen LogP contribution < -0.4 is 16.8 Å². The van der Waals surface area contributed by atoms with Gasteiger partial charge in [-0.15, -0.1) is 0 Å². The van der Waals surface area contributed by atoms with Gasteiger partial charge in [0.15, 0.2) is 0 Å². The normalized spacial score (nSPS) is 12.2. The Morgan fingerprint density at radius 2 is 2.29 bits per heavy atom. The molecule has 0 bridgehead atoms. The van der Waals surface area contributed by atoms with Crippen LogP contribution in [-0.4, -0.2) is 10.5 Å². The molecule has 0 spiro atoms. The lowest BCUT2D eigenvalue weighted by Crippen LogP contribution is -2.38. The number of nitrogens with one attached hydrogen (secondary N) is 1. The van der Waals surface area contributed by atoms with Crippen LogP contribution in [0.3, 0.4) is 0 Å². The van der Waals surface area contributed by atoms with Gasteiger partial charge in [-0.1, -0.05) is 0 Å². The zero-order chi connectivity index (χ0) is 10.7. The molecule has 0 radical (unpaired) electrons. The van der Waals surface area contributed by atoms with Gasteiger partial charge in [0.05, 0.1) is 0 Å². The van der Waals surface area contributed by atoms with Crippen LogP contribution in [0.5, 0.6) is 0 Å². The number of hydrazine groups is 1. The van der Waals surface area contributed by atoms with Crippen molar-refractivity contribution >= 4 is 5.91 Å². The predicted octanol–water partition coefficient (Wildman–Crippen LogP) is -0.292. The maximum Gasteiger partial charge on any atom is 0.256 e. The van der Waals surface area contributed by atoms with E-state index in [1.54, 1.807) is 19.2 Å². The second-order valence-corrected chi connectivity index (χ2v) is 3.13. The first-order valence-electron chi connectivity index (χ1n) is 4.25. The van der Waals surface area contributed by atoms with E-state index < -0.39 is 11.9 Å². The molecule has 1 atom stereocenters. The molecule has 14 heavy (non-hydrogen) atoms. The third-order valence-corrected chi connectivity index (χ3v) is 2.04. The molecular formula is C9H13N3O2. The van der Waals surface area contributed by atoms with Crippen LogP contribution >= 0.6 is 0 Å². The Morgan fingerprint density at radius 3 is 2.79 bits per heavy atom. The van der Waals surface area contributed by atoms with Crippen molar-refractivity contribution in [2.45, 2.75) is 19.9 Å². The molecule has 1 unspecified atom stereocenters. The average molecular weight is 195 g/mol. The van der Waals surface area contributed by atoms with Gasteiger partial charge in [0.2, 0.25) is 0 Å². The second-order valence-electron chi connectivity index (χ2n) is 3.13. The van der Waals surface area contributed by atoms with Crippen molar-refractivity contribution in [1.29, 1.82) is 0 Å². The van der Waals surface area contributed by atoms with Gasteiger partial charge < -0.3 is 4.57 Å². The van der Waals surface area contributed by atoms with E-state index in [0.717, 1.165) is 5.56 Å². The number of nitrogens with zero attached hydrogens (tertiary/aromatic N) is 1. The van der Waals surface area contributed by atoms with E-state index >= 15 is 0 Å². The molecule has 0 saturated heterocycles. The molecule has 5 nitrogen and oxygen atoms in total. The summed E-state index contributed by atoms with van der Waals surface area (Å²) in [6.07, 6.45) is 1.58. The van der Waals surface area contributed by atoms with Crippen LogP contribution in [0.15, 0.2) is 23.1 Å². The van der Waals surface area contributed by atoms with Crippen molar-refractivity contribution in [2.75, 3.05) is 0 Å². The van der Waals surface area contributed by atoms with Crippen LogP contribution in [0.2, 0.25) is 0 Å². The molecule has 1 rings (SSSR count). The van der Waals surface area contributed by atoms with E-state index in [-0.39, 0.29) is 5.56 Å². The Hall–Kier alpha value is -1.62. The van der Waals surface area contributed by atoms with Crippen LogP contribution in [0.25, 0.3) is 0 Å². The number of amides is 1. The molecule has 0 aliphatic rings. The maximum absolute atomic E-state index is 11.4. The summed E-state index contributed by atoms with van der Waals surface area (Å²) in [5.74, 6) is 4.58. The molecule has 0 saturated carbocycles. The molecule has 1 amide bonds. The molecule has 1 aromatic rings. The number of hydrogen-bond donors (Lipinski definition) is 2. The topological polar surface area (TPSA) is 77.1 Å². The van der Waals surface area contributed by atoms with Gasteiger partial charge in [0.1, 0.15) is 6.04 Å². The summed E-state index contributed by atoms with van der Waals surface area (Å²) in [6.45, 7) is 3.43. The SMILES string of the molecule is Cc1ccn(C(C)C(=O)NN)c(=O)c1. The first-order chi connectivity index (χ1) is 6.56. The second kappa shape index (κ2) is 4.06. The number of nitrogens with two attached hydrogens (primary N) is 1. The van der Waals surface area contributed by atoms with E-state index in [1.807, 2.05) is 12.3 Å². The lowest BCUT2D eigenvalue weighted by atomic mass is 10.2. The number of pyridine rings is 1. The van der Waals surface area contributed by atoms with Crippen molar-refractivity contribution in [2.24, 2.45) is 5.84 Å². The standard InChI is InChI=1S/C9H13N3O2/c1-6-3-4-12(8(13)5-6)7(2)9(14)11-10/h3-5,7H,10H2,1-2H3,(H,11,14). The molecule has 5 heteroatoms. The van der Waals surface area contributed by atoms with Gasteiger partial charge >= 0.3 is 0 Å². The smallest absolute Gasteiger partial charge is 0.256 e. The van der Waals surface area contributed by atoms with Crippen LogP contribution in [-0.2, 0) is 4.79 Å². The van der Waals surface area contributed by atoms with Gasteiger partial charge in [0, 0.05) is 12.3 Å². The molecule has 1 heterocycles. The minimum atomic E-state index is -0.590. The van der Waals surface area contributed by atoms with Crippen LogP contribution in [0.4, 0.5) is 0 Å². The zero-order valence-electron chi connectivity index (χ0n) is 8.15. The van der Waals surface area contributed by atoms with E-state index in [1.165, 1.54) is 10.6 Å². The summed E-state index contributed by atoms with van der Waals surface area (Å²) in [6, 6.07) is 2.65. The number of aryl methyl sites for hydroxylation is 1. The zero-order valence-corrected chi connectivity index (χ0v) is 8.15. The summed E-state index contributed by atoms with van der Waals surface area (Å²) in [7, 11) is 0. The van der Waals surface area contributed by atoms with Crippen molar-refractivity contribution < 1.29 is 4.79 Å². The minimum absolute atomic E-state index is 0.207. The lowest BCUT2D eigenvalue weighted by molar-refractivity contribution is -0.124. The highest BCUT2D eigenvalue weighted by Gasteiger charge is 2.13. The van der Waals surface area contributed by atoms with E-state index in [4.69, 9.17) is 5.84 Å². The Labute approximate surface area is 81.5 Å². The van der Waals surface area contributed by atoms with Gasteiger partial charge in [-0.25, -0.2) is 5.84 Å². The van der Waals surface area contributed by atoms with Gasteiger partial charge in [-0.3, -0.25) is 15.0 Å². The van der Waals surface area contributed by atoms with Gasteiger partial charge in [-0.2, -0.15) is 0 Å². The summed E-state index contributed by atoms with van der Waals surface area (Å²) in [4.78, 5) is 22.6. The Morgan fingerprint density at radius 1 is 1.64 bits per heavy atom. The van der Waals surface area contributed by atoms with Gasteiger partial charge in [0.25, 0.3) is 11.5 Å². The van der Waals surface area contributed by atoms with Crippen LogP contribution in [0, 0.1) is 6.92 Å². The van der Waals surface area contributed by atoms with E-state index in [0.29, 0.717) is 0 Å². The molecule has 76 valence electrons. The predicted molar refractivity (Wildman–Crippen MR) is 52.5 cm³/mol. The number of rotatable bonds is 2. The number of aromatic nitrogens is 1. The van der Waals surface area contributed by atoms with Crippen molar-refractivity contribution in [3.05, 3.63) is 34.2 Å². The summed E-state index contributed by atoms with van der Waals surface area (Å²) in [5, 5.41) is 0. The third kappa shape index (κ3) is 2.00. The third-order valence-electron chi connectivity index (χ3n) is 2.04. The Balaban J connectivity index is 3.08. The first-order valence-corrected chi connectivity index (χ1v) is 4.25. The van der Waals surface area contributed by atoms with Crippen LogP contribution in [0.1, 0.15) is 18.5 Å². The van der Waals surface area contributed by atoms with Crippen molar-refractivity contribution in [3.63, 3.8) is 0 Å². The lowest BCUT2D eigenvalue weighted by Gasteiger charge is -2.12. The Kier molecular flexibility index (Phi) is 3.03. The fourth-order valence-corrected chi connectivity index (χ4v) is 1.16. The monoisotopic (exact) mass is 195 g/mol. The first kappa shape index (κ1) is 10.5. The Bertz CT molecular complexity index is 397. The molecule has 0 aliphatic carbocycles. The fraction of sp³-hybridized carbons (Fsp3) is 0.333. The molecule has 0 aromatic carbocycles.